The number of methoxy groups -OCH3 is 1. The molecule has 0 saturated carbocycles. The Kier molecular flexibility index (Phi) is 2.38. The molecule has 17 heavy (non-hydrogen) atoms. The van der Waals surface area contributed by atoms with E-state index in [1.165, 1.54) is 24.3 Å². The van der Waals surface area contributed by atoms with Crippen molar-refractivity contribution < 1.29 is 18.8 Å². The van der Waals surface area contributed by atoms with E-state index in [1.54, 1.807) is 0 Å². The van der Waals surface area contributed by atoms with Gasteiger partial charge in [-0.25, -0.2) is 9.79 Å². The van der Waals surface area contributed by atoms with Crippen LogP contribution in [0.15, 0.2) is 29.3 Å². The van der Waals surface area contributed by atoms with Gasteiger partial charge in [0.25, 0.3) is 5.69 Å². The molecule has 1 heterocycles. The molecule has 0 amide bonds. The van der Waals surface area contributed by atoms with E-state index in [4.69, 9.17) is 0 Å². The first-order valence-corrected chi connectivity index (χ1v) is 4.61. The maximum Gasteiger partial charge on any atom is 0.373 e. The lowest BCUT2D eigenvalue weighted by atomic mass is 10.1. The molecule has 6 nitrogen and oxygen atoms in total. The topological polar surface area (TPSA) is 81.8 Å². The molecule has 0 aromatic heterocycles. The van der Waals surface area contributed by atoms with E-state index in [1.807, 2.05) is 0 Å². The van der Waals surface area contributed by atoms with Gasteiger partial charge in [0.1, 0.15) is 5.71 Å². The quantitative estimate of drug-likeness (QED) is 0.343. The number of ether oxygens (including phenoxy) is 1. The van der Waals surface area contributed by atoms with Crippen LogP contribution < -0.4 is 0 Å². The lowest BCUT2D eigenvalue weighted by Gasteiger charge is -2.02. The van der Waals surface area contributed by atoms with E-state index in [0.717, 1.165) is 7.11 Å². The summed E-state index contributed by atoms with van der Waals surface area (Å²) < 4.78 is 17.9. The van der Waals surface area contributed by atoms with Gasteiger partial charge < -0.3 is 4.74 Å². The van der Waals surface area contributed by atoms with Gasteiger partial charge in [-0.1, -0.05) is 0 Å². The van der Waals surface area contributed by atoms with Crippen molar-refractivity contribution in [2.75, 3.05) is 7.11 Å². The first-order chi connectivity index (χ1) is 7.99. The van der Waals surface area contributed by atoms with Gasteiger partial charge in [-0.2, -0.15) is 4.39 Å². The second-order valence-electron chi connectivity index (χ2n) is 3.38. The summed E-state index contributed by atoms with van der Waals surface area (Å²) in [6.07, 6.45) is 0. The van der Waals surface area contributed by atoms with Crippen LogP contribution in [-0.4, -0.2) is 29.5 Å². The second kappa shape index (κ2) is 3.62. The summed E-state index contributed by atoms with van der Waals surface area (Å²) in [5.74, 6) is -3.52. The number of hydrogen-bond acceptors (Lipinski definition) is 5. The van der Waals surface area contributed by atoms with Crippen molar-refractivity contribution in [3.8, 4) is 0 Å². The Morgan fingerprint density at radius 1 is 1.47 bits per heavy atom. The lowest BCUT2D eigenvalue weighted by Crippen LogP contribution is -2.26. The minimum Gasteiger partial charge on any atom is -0.465 e. The molecule has 1 aromatic carbocycles. The number of carbonyl (C=O) groups excluding carboxylic acids is 1. The fourth-order valence-corrected chi connectivity index (χ4v) is 1.40. The minimum atomic E-state index is -2.43. The third-order valence-corrected chi connectivity index (χ3v) is 2.34. The summed E-state index contributed by atoms with van der Waals surface area (Å²) in [4.78, 5) is 24.3. The fourth-order valence-electron chi connectivity index (χ4n) is 1.40. The maximum absolute atomic E-state index is 13.7. The number of aliphatic imine (C=N–C) groups is 1. The third-order valence-electron chi connectivity index (χ3n) is 2.34. The maximum atomic E-state index is 13.7. The van der Waals surface area contributed by atoms with E-state index in [9.17, 15) is 19.3 Å². The molecule has 0 N–H and O–H groups in total. The molecule has 1 aliphatic heterocycles. The highest BCUT2D eigenvalue weighted by Gasteiger charge is 2.57. The standard InChI is InChI=1S/C10H7FN2O4/c1-17-9(14)10(11)8(12-10)6-2-4-7(5-3-6)13(15)16/h2-5H,1H3. The van der Waals surface area contributed by atoms with Crippen molar-refractivity contribution in [3.05, 3.63) is 39.9 Å². The van der Waals surface area contributed by atoms with Crippen molar-refractivity contribution in [1.29, 1.82) is 0 Å². The molecular formula is C10H7FN2O4. The molecule has 0 aliphatic carbocycles. The summed E-state index contributed by atoms with van der Waals surface area (Å²) in [5, 5.41) is 10.4. The lowest BCUT2D eigenvalue weighted by molar-refractivity contribution is -0.384. The van der Waals surface area contributed by atoms with Crippen LogP contribution >= 0.6 is 0 Å². The van der Waals surface area contributed by atoms with E-state index in [0.29, 0.717) is 5.56 Å². The van der Waals surface area contributed by atoms with Crippen LogP contribution in [0.4, 0.5) is 10.1 Å². The predicted octanol–water partition coefficient (Wildman–Crippen LogP) is 1.24. The van der Waals surface area contributed by atoms with Crippen molar-refractivity contribution >= 4 is 17.4 Å². The number of alkyl halides is 1. The Balaban J connectivity index is 2.19. The number of halogens is 1. The molecule has 7 heteroatoms. The van der Waals surface area contributed by atoms with Gasteiger partial charge in [-0.3, -0.25) is 10.1 Å². The summed E-state index contributed by atoms with van der Waals surface area (Å²) in [7, 11) is 1.06. The Morgan fingerprint density at radius 2 is 2.06 bits per heavy atom. The minimum absolute atomic E-state index is 0.0701. The second-order valence-corrected chi connectivity index (χ2v) is 3.38. The number of carbonyl (C=O) groups is 1. The predicted molar refractivity (Wildman–Crippen MR) is 55.5 cm³/mol. The summed E-state index contributed by atoms with van der Waals surface area (Å²) in [5.41, 5.74) is 0.139. The highest BCUT2D eigenvalue weighted by Crippen LogP contribution is 2.35. The van der Waals surface area contributed by atoms with Crippen LogP contribution in [0.1, 0.15) is 5.56 Å². The van der Waals surface area contributed by atoms with Gasteiger partial charge in [-0.05, 0) is 12.1 Å². The molecule has 1 aromatic rings. The molecular weight excluding hydrogens is 231 g/mol. The van der Waals surface area contributed by atoms with Crippen LogP contribution in [0.2, 0.25) is 0 Å². The van der Waals surface area contributed by atoms with Gasteiger partial charge in [0, 0.05) is 17.7 Å². The van der Waals surface area contributed by atoms with Crippen LogP contribution in [0, 0.1) is 10.1 Å². The zero-order valence-electron chi connectivity index (χ0n) is 8.71. The van der Waals surface area contributed by atoms with Gasteiger partial charge in [0.2, 0.25) is 0 Å². The van der Waals surface area contributed by atoms with E-state index in [2.05, 4.69) is 9.73 Å². The number of nitrogens with zero attached hydrogens (tertiary/aromatic N) is 2. The van der Waals surface area contributed by atoms with E-state index in [-0.39, 0.29) is 11.4 Å². The number of esters is 1. The van der Waals surface area contributed by atoms with Crippen molar-refractivity contribution in [3.63, 3.8) is 0 Å². The molecule has 88 valence electrons. The Hall–Kier alpha value is -2.31. The zero-order valence-corrected chi connectivity index (χ0v) is 8.71. The molecule has 1 atom stereocenters. The number of non-ortho nitro benzene ring substituents is 1. The van der Waals surface area contributed by atoms with Crippen LogP contribution in [0.25, 0.3) is 0 Å². The fraction of sp³-hybridized carbons (Fsp3) is 0.200. The summed E-state index contributed by atoms with van der Waals surface area (Å²) >= 11 is 0. The summed E-state index contributed by atoms with van der Waals surface area (Å²) in [6, 6.07) is 5.10. The molecule has 1 aliphatic rings. The van der Waals surface area contributed by atoms with Crippen LogP contribution in [0.5, 0.6) is 0 Å². The Morgan fingerprint density at radius 3 is 2.53 bits per heavy atom. The molecule has 0 saturated heterocycles. The molecule has 0 fully saturated rings. The number of rotatable bonds is 3. The average Bonchev–Trinajstić information content (AvgIpc) is 3.02. The molecule has 2 rings (SSSR count). The first kappa shape index (κ1) is 11.2. The molecule has 0 radical (unpaired) electrons. The highest BCUT2D eigenvalue weighted by molar-refractivity contribution is 6.27. The first-order valence-electron chi connectivity index (χ1n) is 4.61. The molecule has 0 spiro atoms. The normalized spacial score (nSPS) is 21.6. The number of hydrogen-bond donors (Lipinski definition) is 0. The molecule has 0 bridgehead atoms. The number of benzene rings is 1. The van der Waals surface area contributed by atoms with Crippen LogP contribution in [-0.2, 0) is 9.53 Å². The number of nitro benzene ring substituents is 1. The summed E-state index contributed by atoms with van der Waals surface area (Å²) in [6.45, 7) is 0. The van der Waals surface area contributed by atoms with E-state index >= 15 is 0 Å². The van der Waals surface area contributed by atoms with Crippen molar-refractivity contribution in [2.45, 2.75) is 5.79 Å². The monoisotopic (exact) mass is 238 g/mol. The van der Waals surface area contributed by atoms with Crippen molar-refractivity contribution in [2.24, 2.45) is 4.99 Å². The smallest absolute Gasteiger partial charge is 0.373 e. The SMILES string of the molecule is COC(=O)C1(F)N=C1c1ccc([N+](=O)[O-])cc1. The van der Waals surface area contributed by atoms with Gasteiger partial charge in [-0.15, -0.1) is 0 Å². The average molecular weight is 238 g/mol. The van der Waals surface area contributed by atoms with Gasteiger partial charge in [0.15, 0.2) is 0 Å². The van der Waals surface area contributed by atoms with Gasteiger partial charge in [0.05, 0.1) is 12.0 Å². The van der Waals surface area contributed by atoms with Crippen molar-refractivity contribution in [1.82, 2.24) is 0 Å². The van der Waals surface area contributed by atoms with Crippen LogP contribution in [0.3, 0.4) is 0 Å². The number of nitro groups is 1. The largest absolute Gasteiger partial charge is 0.465 e. The molecule has 1 unspecified atom stereocenters. The van der Waals surface area contributed by atoms with E-state index < -0.39 is 16.7 Å². The van der Waals surface area contributed by atoms with Gasteiger partial charge >= 0.3 is 11.8 Å². The third kappa shape index (κ3) is 1.75. The highest BCUT2D eigenvalue weighted by atomic mass is 19.1. The Bertz CT molecular complexity index is 526. The Labute approximate surface area is 94.9 Å². The zero-order chi connectivity index (χ0) is 12.6.